The van der Waals surface area contributed by atoms with Crippen LogP contribution in [0.5, 0.6) is 0 Å². The molecule has 0 saturated carbocycles. The van der Waals surface area contributed by atoms with Gasteiger partial charge >= 0.3 is 0 Å². The second-order valence-corrected chi connectivity index (χ2v) is 10.0. The van der Waals surface area contributed by atoms with E-state index < -0.39 is 10.0 Å². The number of aromatic nitrogens is 3. The standard InChI is InChI=1S/C24H24FN5O2S/c1-15-5-8-21(26-12-15)33(31,32)29-23-16(2)13-27-24-22(23)19(14-28-24)18-11-17(6-7-20(18)25)30-9-3-4-10-30/h5-8,11-14H,3-4,9-10H2,1-2H3,(H2,27,28,29). The fourth-order valence-corrected chi connectivity index (χ4v) is 5.30. The van der Waals surface area contributed by atoms with Crippen LogP contribution in [0.1, 0.15) is 24.0 Å². The molecule has 9 heteroatoms. The Hall–Kier alpha value is -3.46. The predicted octanol–water partition coefficient (Wildman–Crippen LogP) is 4.78. The van der Waals surface area contributed by atoms with Crippen molar-refractivity contribution in [2.24, 2.45) is 0 Å². The van der Waals surface area contributed by atoms with Gasteiger partial charge in [-0.1, -0.05) is 6.07 Å². The molecule has 0 aliphatic carbocycles. The minimum Gasteiger partial charge on any atom is -0.372 e. The first-order valence-electron chi connectivity index (χ1n) is 10.8. The van der Waals surface area contributed by atoms with Gasteiger partial charge in [0, 0.05) is 48.5 Å². The zero-order chi connectivity index (χ0) is 23.2. The molecule has 0 unspecified atom stereocenters. The maximum Gasteiger partial charge on any atom is 0.279 e. The van der Waals surface area contributed by atoms with E-state index in [1.54, 1.807) is 31.5 Å². The first-order chi connectivity index (χ1) is 15.8. The quantitative estimate of drug-likeness (QED) is 0.443. The van der Waals surface area contributed by atoms with Gasteiger partial charge in [-0.3, -0.25) is 4.72 Å². The molecule has 1 aromatic carbocycles. The minimum atomic E-state index is -3.96. The summed E-state index contributed by atoms with van der Waals surface area (Å²) in [5, 5.41) is 0.430. The Morgan fingerprint density at radius 1 is 1.03 bits per heavy atom. The van der Waals surface area contributed by atoms with Crippen LogP contribution in [0.4, 0.5) is 15.8 Å². The summed E-state index contributed by atoms with van der Waals surface area (Å²) in [5.74, 6) is -0.380. The van der Waals surface area contributed by atoms with Gasteiger partial charge in [0.2, 0.25) is 0 Å². The zero-order valence-electron chi connectivity index (χ0n) is 18.4. The van der Waals surface area contributed by atoms with Crippen LogP contribution >= 0.6 is 0 Å². The molecule has 5 rings (SSSR count). The molecule has 4 aromatic rings. The average molecular weight is 466 g/mol. The van der Waals surface area contributed by atoms with Crippen LogP contribution in [-0.2, 0) is 10.0 Å². The second kappa shape index (κ2) is 8.15. The molecule has 7 nitrogen and oxygen atoms in total. The highest BCUT2D eigenvalue weighted by Crippen LogP contribution is 2.38. The Morgan fingerprint density at radius 2 is 1.82 bits per heavy atom. The van der Waals surface area contributed by atoms with Crippen molar-refractivity contribution >= 4 is 32.4 Å². The molecule has 2 N–H and O–H groups in total. The van der Waals surface area contributed by atoms with E-state index >= 15 is 4.39 Å². The average Bonchev–Trinajstić information content (AvgIpc) is 3.47. The molecular weight excluding hydrogens is 441 g/mol. The third-order valence-electron chi connectivity index (χ3n) is 6.00. The molecule has 1 aliphatic rings. The molecule has 33 heavy (non-hydrogen) atoms. The summed E-state index contributed by atoms with van der Waals surface area (Å²) in [6, 6.07) is 8.23. The van der Waals surface area contributed by atoms with Crippen LogP contribution in [0.25, 0.3) is 22.2 Å². The number of aromatic amines is 1. The van der Waals surface area contributed by atoms with Gasteiger partial charge in [-0.2, -0.15) is 8.42 Å². The van der Waals surface area contributed by atoms with Crippen LogP contribution < -0.4 is 9.62 Å². The number of nitrogens with one attached hydrogen (secondary N) is 2. The van der Waals surface area contributed by atoms with Crippen LogP contribution in [0.3, 0.4) is 0 Å². The summed E-state index contributed by atoms with van der Waals surface area (Å²) >= 11 is 0. The van der Waals surface area contributed by atoms with Gasteiger partial charge in [0.25, 0.3) is 10.0 Å². The summed E-state index contributed by atoms with van der Waals surface area (Å²) in [7, 11) is -3.96. The number of fused-ring (bicyclic) bond motifs is 1. The second-order valence-electron chi connectivity index (χ2n) is 8.38. The third-order valence-corrected chi connectivity index (χ3v) is 7.26. The van der Waals surface area contributed by atoms with E-state index in [-0.39, 0.29) is 10.8 Å². The number of aryl methyl sites for hydroxylation is 2. The first kappa shape index (κ1) is 21.4. The van der Waals surface area contributed by atoms with E-state index in [4.69, 9.17) is 0 Å². The smallest absolute Gasteiger partial charge is 0.279 e. The molecule has 0 atom stereocenters. The highest BCUT2D eigenvalue weighted by molar-refractivity contribution is 7.92. The number of hydrogen-bond donors (Lipinski definition) is 2. The number of pyridine rings is 2. The fourth-order valence-electron chi connectivity index (χ4n) is 4.23. The summed E-state index contributed by atoms with van der Waals surface area (Å²) in [4.78, 5) is 13.7. The lowest BCUT2D eigenvalue weighted by molar-refractivity contribution is 0.597. The van der Waals surface area contributed by atoms with Crippen LogP contribution in [0, 0.1) is 19.7 Å². The lowest BCUT2D eigenvalue weighted by atomic mass is 10.0. The summed E-state index contributed by atoms with van der Waals surface area (Å²) in [6.45, 7) is 5.48. The van der Waals surface area contributed by atoms with Gasteiger partial charge in [-0.05, 0) is 62.1 Å². The first-order valence-corrected chi connectivity index (χ1v) is 12.3. The molecule has 3 aromatic heterocycles. The largest absolute Gasteiger partial charge is 0.372 e. The maximum atomic E-state index is 15.0. The van der Waals surface area contributed by atoms with E-state index in [1.165, 1.54) is 18.3 Å². The molecular formula is C24H24FN5O2S. The van der Waals surface area contributed by atoms with Gasteiger partial charge in [0.15, 0.2) is 5.03 Å². The minimum absolute atomic E-state index is 0.0863. The van der Waals surface area contributed by atoms with Crippen molar-refractivity contribution in [2.45, 2.75) is 31.7 Å². The van der Waals surface area contributed by atoms with E-state index in [2.05, 4.69) is 24.6 Å². The number of benzene rings is 1. The molecule has 1 aliphatic heterocycles. The lowest BCUT2D eigenvalue weighted by Gasteiger charge is -2.19. The number of nitrogens with zero attached hydrogens (tertiary/aromatic N) is 3. The van der Waals surface area contributed by atoms with Crippen molar-refractivity contribution in [3.05, 3.63) is 65.9 Å². The topological polar surface area (TPSA) is 91.0 Å². The lowest BCUT2D eigenvalue weighted by Crippen LogP contribution is -2.17. The van der Waals surface area contributed by atoms with E-state index in [0.29, 0.717) is 33.4 Å². The number of hydrogen-bond acceptors (Lipinski definition) is 5. The van der Waals surface area contributed by atoms with Gasteiger partial charge in [-0.25, -0.2) is 14.4 Å². The van der Waals surface area contributed by atoms with Crippen molar-refractivity contribution in [1.29, 1.82) is 0 Å². The molecule has 0 radical (unpaired) electrons. The monoisotopic (exact) mass is 465 g/mol. The molecule has 170 valence electrons. The highest BCUT2D eigenvalue weighted by Gasteiger charge is 2.23. The van der Waals surface area contributed by atoms with Gasteiger partial charge in [0.1, 0.15) is 11.5 Å². The SMILES string of the molecule is Cc1ccc(S(=O)(=O)Nc2c(C)cnc3[nH]cc(-c4cc(N5CCCC5)ccc4F)c23)nc1. The van der Waals surface area contributed by atoms with Crippen LogP contribution in [-0.4, -0.2) is 36.5 Å². The Kier molecular flexibility index (Phi) is 5.28. The molecule has 0 bridgehead atoms. The van der Waals surface area contributed by atoms with Crippen molar-refractivity contribution < 1.29 is 12.8 Å². The van der Waals surface area contributed by atoms with Gasteiger partial charge < -0.3 is 9.88 Å². The number of sulfonamides is 1. The summed E-state index contributed by atoms with van der Waals surface area (Å²) < 4.78 is 43.9. The van der Waals surface area contributed by atoms with Gasteiger partial charge in [-0.15, -0.1) is 0 Å². The van der Waals surface area contributed by atoms with Crippen molar-refractivity contribution in [3.8, 4) is 11.1 Å². The summed E-state index contributed by atoms with van der Waals surface area (Å²) in [6.07, 6.45) is 6.99. The number of halogens is 1. The maximum absolute atomic E-state index is 15.0. The van der Waals surface area contributed by atoms with Gasteiger partial charge in [0.05, 0.1) is 11.1 Å². The Labute approximate surface area is 191 Å². The normalized spacial score (nSPS) is 14.2. The Bertz CT molecular complexity index is 1440. The highest BCUT2D eigenvalue weighted by atomic mass is 32.2. The molecule has 0 amide bonds. The predicted molar refractivity (Wildman–Crippen MR) is 127 cm³/mol. The van der Waals surface area contributed by atoms with E-state index in [1.807, 2.05) is 13.0 Å². The molecule has 1 saturated heterocycles. The van der Waals surface area contributed by atoms with E-state index in [9.17, 15) is 8.42 Å². The van der Waals surface area contributed by atoms with E-state index in [0.717, 1.165) is 37.2 Å². The van der Waals surface area contributed by atoms with Crippen LogP contribution in [0.2, 0.25) is 0 Å². The van der Waals surface area contributed by atoms with Crippen LogP contribution in [0.15, 0.2) is 53.9 Å². The molecule has 4 heterocycles. The van der Waals surface area contributed by atoms with Crippen molar-refractivity contribution in [3.63, 3.8) is 0 Å². The third kappa shape index (κ3) is 3.93. The Morgan fingerprint density at radius 3 is 2.55 bits per heavy atom. The Balaban J connectivity index is 1.64. The molecule has 0 spiro atoms. The zero-order valence-corrected chi connectivity index (χ0v) is 19.2. The summed E-state index contributed by atoms with van der Waals surface area (Å²) in [5.41, 5.74) is 4.19. The van der Waals surface area contributed by atoms with Crippen molar-refractivity contribution in [1.82, 2.24) is 15.0 Å². The number of H-pyrrole nitrogens is 1. The molecule has 1 fully saturated rings. The van der Waals surface area contributed by atoms with Crippen molar-refractivity contribution in [2.75, 3.05) is 22.7 Å². The number of anilines is 2. The fraction of sp³-hybridized carbons (Fsp3) is 0.250. The number of rotatable bonds is 5.